The van der Waals surface area contributed by atoms with Crippen LogP contribution in [0.4, 0.5) is 0 Å². The lowest BCUT2D eigenvalue weighted by Gasteiger charge is -2.31. The lowest BCUT2D eigenvalue weighted by Crippen LogP contribution is -2.30. The van der Waals surface area contributed by atoms with Gasteiger partial charge in [0.25, 0.3) is 0 Å². The summed E-state index contributed by atoms with van der Waals surface area (Å²) >= 11 is 0. The summed E-state index contributed by atoms with van der Waals surface area (Å²) in [5.41, 5.74) is 6.19. The Morgan fingerprint density at radius 3 is 2.38 bits per heavy atom. The van der Waals surface area contributed by atoms with Gasteiger partial charge in [-0.25, -0.2) is 0 Å². The summed E-state index contributed by atoms with van der Waals surface area (Å²) in [4.78, 5) is 22.6. The van der Waals surface area contributed by atoms with Crippen molar-refractivity contribution in [2.24, 2.45) is 23.0 Å². The van der Waals surface area contributed by atoms with Gasteiger partial charge in [-0.3, -0.25) is 9.59 Å². The Kier molecular flexibility index (Phi) is 3.41. The smallest absolute Gasteiger partial charge is 0.317 e. The van der Waals surface area contributed by atoms with Crippen molar-refractivity contribution in [2.75, 3.05) is 0 Å². The molecule has 4 heteroatoms. The molecule has 2 atom stereocenters. The SMILES string of the molecule is C/C(N)=C\C(C1CC(=O)OC1=O)C(C)(C)C. The van der Waals surface area contributed by atoms with Crippen LogP contribution < -0.4 is 5.73 Å². The van der Waals surface area contributed by atoms with Gasteiger partial charge in [-0.05, 0) is 18.3 Å². The number of cyclic esters (lactones) is 2. The van der Waals surface area contributed by atoms with Crippen molar-refractivity contribution in [3.8, 4) is 0 Å². The molecule has 0 aromatic rings. The molecule has 0 aliphatic carbocycles. The predicted molar refractivity (Wildman–Crippen MR) is 60.1 cm³/mol. The topological polar surface area (TPSA) is 69.4 Å². The van der Waals surface area contributed by atoms with Crippen molar-refractivity contribution >= 4 is 11.9 Å². The Balaban J connectivity index is 2.99. The molecule has 0 aromatic carbocycles. The fourth-order valence-electron chi connectivity index (χ4n) is 2.02. The number of hydrogen-bond acceptors (Lipinski definition) is 4. The van der Waals surface area contributed by atoms with Crippen molar-refractivity contribution in [1.82, 2.24) is 0 Å². The van der Waals surface area contributed by atoms with Crippen molar-refractivity contribution in [3.05, 3.63) is 11.8 Å². The first-order chi connectivity index (χ1) is 7.21. The summed E-state index contributed by atoms with van der Waals surface area (Å²) in [6.45, 7) is 7.84. The van der Waals surface area contributed by atoms with E-state index in [-0.39, 0.29) is 17.8 Å². The summed E-state index contributed by atoms with van der Waals surface area (Å²) < 4.78 is 4.58. The maximum atomic E-state index is 11.5. The Bertz CT molecular complexity index is 335. The maximum absolute atomic E-state index is 11.5. The highest BCUT2D eigenvalue weighted by Gasteiger charge is 2.42. The highest BCUT2D eigenvalue weighted by atomic mass is 16.6. The number of allylic oxidation sites excluding steroid dienone is 2. The Morgan fingerprint density at radius 2 is 2.06 bits per heavy atom. The van der Waals surface area contributed by atoms with Gasteiger partial charge in [0.15, 0.2) is 0 Å². The van der Waals surface area contributed by atoms with Crippen LogP contribution in [0.2, 0.25) is 0 Å². The van der Waals surface area contributed by atoms with E-state index in [1.165, 1.54) is 0 Å². The molecule has 2 unspecified atom stereocenters. The highest BCUT2D eigenvalue weighted by molar-refractivity contribution is 5.95. The van der Waals surface area contributed by atoms with E-state index in [4.69, 9.17) is 5.73 Å². The molecule has 1 aliphatic heterocycles. The quantitative estimate of drug-likeness (QED) is 0.572. The molecule has 0 aromatic heterocycles. The Morgan fingerprint density at radius 1 is 1.50 bits per heavy atom. The zero-order valence-electron chi connectivity index (χ0n) is 10.2. The Hall–Kier alpha value is -1.32. The molecule has 4 nitrogen and oxygen atoms in total. The number of rotatable bonds is 2. The molecular formula is C12H19NO3. The van der Waals surface area contributed by atoms with Crippen molar-refractivity contribution in [1.29, 1.82) is 0 Å². The monoisotopic (exact) mass is 225 g/mol. The van der Waals surface area contributed by atoms with Crippen molar-refractivity contribution in [3.63, 3.8) is 0 Å². The number of carbonyl (C=O) groups excluding carboxylic acids is 2. The van der Waals surface area contributed by atoms with Crippen molar-refractivity contribution in [2.45, 2.75) is 34.1 Å². The average molecular weight is 225 g/mol. The molecule has 16 heavy (non-hydrogen) atoms. The minimum absolute atomic E-state index is 0.0727. The van der Waals surface area contributed by atoms with Gasteiger partial charge in [0.05, 0.1) is 12.3 Å². The molecule has 90 valence electrons. The number of hydrogen-bond donors (Lipinski definition) is 1. The minimum atomic E-state index is -0.438. The van der Waals surface area contributed by atoms with Gasteiger partial charge in [-0.1, -0.05) is 26.8 Å². The molecule has 0 amide bonds. The second kappa shape index (κ2) is 4.28. The summed E-state index contributed by atoms with van der Waals surface area (Å²) in [5, 5.41) is 0. The van der Waals surface area contributed by atoms with Crippen LogP contribution in [-0.4, -0.2) is 11.9 Å². The van der Waals surface area contributed by atoms with Gasteiger partial charge in [0.1, 0.15) is 0 Å². The zero-order chi connectivity index (χ0) is 12.5. The summed E-state index contributed by atoms with van der Waals surface area (Å²) in [7, 11) is 0. The first-order valence-corrected chi connectivity index (χ1v) is 5.40. The van der Waals surface area contributed by atoms with Gasteiger partial charge in [0, 0.05) is 5.70 Å². The summed E-state index contributed by atoms with van der Waals surface area (Å²) in [5.74, 6) is -1.34. The van der Waals surface area contributed by atoms with E-state index in [1.807, 2.05) is 26.8 Å². The third-order valence-electron chi connectivity index (χ3n) is 2.78. The molecule has 2 N–H and O–H groups in total. The fourth-order valence-corrected chi connectivity index (χ4v) is 2.02. The van der Waals surface area contributed by atoms with Crippen LogP contribution in [0.25, 0.3) is 0 Å². The highest BCUT2D eigenvalue weighted by Crippen LogP contribution is 2.38. The first kappa shape index (κ1) is 12.7. The van der Waals surface area contributed by atoms with Crippen LogP contribution in [0.3, 0.4) is 0 Å². The third-order valence-corrected chi connectivity index (χ3v) is 2.78. The summed E-state index contributed by atoms with van der Waals surface area (Å²) in [6, 6.07) is 0. The molecule has 0 spiro atoms. The molecule has 1 rings (SSSR count). The summed E-state index contributed by atoms with van der Waals surface area (Å²) in [6.07, 6.45) is 2.01. The van der Waals surface area contributed by atoms with E-state index < -0.39 is 17.9 Å². The van der Waals surface area contributed by atoms with E-state index in [9.17, 15) is 9.59 Å². The zero-order valence-corrected chi connectivity index (χ0v) is 10.2. The van der Waals surface area contributed by atoms with Crippen LogP contribution in [0.15, 0.2) is 11.8 Å². The third kappa shape index (κ3) is 2.84. The van der Waals surface area contributed by atoms with Crippen LogP contribution in [0, 0.1) is 17.3 Å². The van der Waals surface area contributed by atoms with Gasteiger partial charge in [0.2, 0.25) is 0 Å². The maximum Gasteiger partial charge on any atom is 0.317 e. The number of nitrogens with two attached hydrogens (primary N) is 1. The second-order valence-electron chi connectivity index (χ2n) is 5.41. The van der Waals surface area contributed by atoms with Crippen molar-refractivity contribution < 1.29 is 14.3 Å². The molecule has 0 radical (unpaired) electrons. The fraction of sp³-hybridized carbons (Fsp3) is 0.667. The molecule has 1 fully saturated rings. The lowest BCUT2D eigenvalue weighted by atomic mass is 9.72. The standard InChI is InChI=1S/C12H19NO3/c1-7(13)5-9(12(2,3)4)8-6-10(14)16-11(8)15/h5,8-9H,6,13H2,1-4H3/b7-5+. The first-order valence-electron chi connectivity index (χ1n) is 5.40. The van der Waals surface area contributed by atoms with Crippen LogP contribution in [0.1, 0.15) is 34.1 Å². The molecule has 1 heterocycles. The molecular weight excluding hydrogens is 206 g/mol. The molecule has 1 saturated heterocycles. The second-order valence-corrected chi connectivity index (χ2v) is 5.41. The number of ether oxygens (including phenoxy) is 1. The number of esters is 2. The molecule has 0 saturated carbocycles. The normalized spacial score (nSPS) is 24.5. The molecule has 0 bridgehead atoms. The van der Waals surface area contributed by atoms with E-state index in [2.05, 4.69) is 4.74 Å². The predicted octanol–water partition coefficient (Wildman–Crippen LogP) is 1.60. The van der Waals surface area contributed by atoms with Crippen LogP contribution >= 0.6 is 0 Å². The van der Waals surface area contributed by atoms with E-state index in [0.717, 1.165) is 0 Å². The molecule has 1 aliphatic rings. The van der Waals surface area contributed by atoms with E-state index in [0.29, 0.717) is 5.70 Å². The Labute approximate surface area is 95.8 Å². The minimum Gasteiger partial charge on any atom is -0.403 e. The lowest BCUT2D eigenvalue weighted by molar-refractivity contribution is -0.153. The van der Waals surface area contributed by atoms with Gasteiger partial charge in [-0.15, -0.1) is 0 Å². The van der Waals surface area contributed by atoms with Gasteiger partial charge >= 0.3 is 11.9 Å². The van der Waals surface area contributed by atoms with Crippen LogP contribution in [0.5, 0.6) is 0 Å². The van der Waals surface area contributed by atoms with E-state index in [1.54, 1.807) is 6.92 Å². The van der Waals surface area contributed by atoms with Gasteiger partial charge in [-0.2, -0.15) is 0 Å². The number of carbonyl (C=O) groups is 2. The average Bonchev–Trinajstić information content (AvgIpc) is 2.38. The van der Waals surface area contributed by atoms with Gasteiger partial charge < -0.3 is 10.5 Å². The van der Waals surface area contributed by atoms with Crippen LogP contribution in [-0.2, 0) is 14.3 Å². The van der Waals surface area contributed by atoms with E-state index >= 15 is 0 Å². The largest absolute Gasteiger partial charge is 0.403 e.